The van der Waals surface area contributed by atoms with Crippen LogP contribution in [0.5, 0.6) is 0 Å². The number of benzene rings is 1. The summed E-state index contributed by atoms with van der Waals surface area (Å²) in [6.07, 6.45) is 4.68. The van der Waals surface area contributed by atoms with Gasteiger partial charge in [-0.3, -0.25) is 14.5 Å². The third-order valence-corrected chi connectivity index (χ3v) is 7.07. The van der Waals surface area contributed by atoms with Gasteiger partial charge in [-0.05, 0) is 64.3 Å². The average molecular weight is 440 g/mol. The van der Waals surface area contributed by atoms with Crippen LogP contribution in [0.3, 0.4) is 0 Å². The van der Waals surface area contributed by atoms with Crippen LogP contribution in [0.2, 0.25) is 0 Å². The second kappa shape index (κ2) is 9.73. The van der Waals surface area contributed by atoms with Crippen LogP contribution in [-0.2, 0) is 4.79 Å². The number of carbonyl (C=O) groups is 2. The topological polar surface area (TPSA) is 71.7 Å². The summed E-state index contributed by atoms with van der Waals surface area (Å²) in [7, 11) is 2.19. The number of rotatable bonds is 7. The Morgan fingerprint density at radius 3 is 2.50 bits per heavy atom. The summed E-state index contributed by atoms with van der Waals surface area (Å²) in [6, 6.07) is 8.41. The zero-order valence-electron chi connectivity index (χ0n) is 19.7. The molecule has 0 radical (unpaired) electrons. The fourth-order valence-electron chi connectivity index (χ4n) is 4.91. The Balaban J connectivity index is 1.22. The van der Waals surface area contributed by atoms with Crippen LogP contribution in [0.15, 0.2) is 30.5 Å². The fourth-order valence-corrected chi connectivity index (χ4v) is 4.91. The monoisotopic (exact) mass is 439 g/mol. The molecule has 2 aliphatic heterocycles. The molecule has 1 amide bonds. The molecule has 1 aromatic heterocycles. The second-order valence-corrected chi connectivity index (χ2v) is 10.1. The number of ketones is 1. The minimum absolute atomic E-state index is 0.0817. The Morgan fingerprint density at radius 1 is 1.06 bits per heavy atom. The number of amides is 1. The average Bonchev–Trinajstić information content (AvgIpc) is 3.26. The van der Waals surface area contributed by atoms with E-state index in [1.54, 1.807) is 0 Å². The molecule has 174 valence electrons. The Bertz CT molecular complexity index is 937. The van der Waals surface area contributed by atoms with Crippen LogP contribution in [0, 0.1) is 0 Å². The minimum atomic E-state index is -0.451. The summed E-state index contributed by atoms with van der Waals surface area (Å²) >= 11 is 0. The molecule has 0 saturated carbocycles. The van der Waals surface area contributed by atoms with E-state index in [4.69, 9.17) is 0 Å². The zero-order chi connectivity index (χ0) is 22.7. The largest absolute Gasteiger partial charge is 0.361 e. The Kier molecular flexibility index (Phi) is 6.98. The molecule has 2 saturated heterocycles. The molecular weight excluding hydrogens is 402 g/mol. The van der Waals surface area contributed by atoms with Gasteiger partial charge in [0.05, 0.1) is 6.54 Å². The summed E-state index contributed by atoms with van der Waals surface area (Å²) in [5, 5.41) is 4.43. The second-order valence-electron chi connectivity index (χ2n) is 10.1. The summed E-state index contributed by atoms with van der Waals surface area (Å²) in [5.74, 6) is 0.208. The van der Waals surface area contributed by atoms with Crippen molar-refractivity contribution in [3.05, 3.63) is 36.0 Å². The number of fused-ring (bicyclic) bond motifs is 1. The van der Waals surface area contributed by atoms with Crippen molar-refractivity contribution in [1.82, 2.24) is 25.0 Å². The van der Waals surface area contributed by atoms with Crippen molar-refractivity contribution < 1.29 is 9.59 Å². The van der Waals surface area contributed by atoms with E-state index in [-0.39, 0.29) is 18.2 Å². The molecule has 2 aromatic rings. The molecule has 7 heteroatoms. The maximum Gasteiger partial charge on any atom is 0.236 e. The van der Waals surface area contributed by atoms with Crippen LogP contribution in [-0.4, -0.2) is 95.8 Å². The SMILES string of the molecule is CN1CCC(N2CCN(C(=O)CNC(C)(C)CC(=O)c3ccc4cc[nH]c4c3)CC2)CC1. The highest BCUT2D eigenvalue weighted by molar-refractivity contribution is 5.99. The third kappa shape index (κ3) is 5.57. The molecule has 4 rings (SSSR count). The van der Waals surface area contributed by atoms with E-state index >= 15 is 0 Å². The highest BCUT2D eigenvalue weighted by atomic mass is 16.2. The molecule has 0 unspecified atom stereocenters. The summed E-state index contributed by atoms with van der Waals surface area (Å²) in [6.45, 7) is 10.1. The van der Waals surface area contributed by atoms with Crippen molar-refractivity contribution in [2.24, 2.45) is 0 Å². The lowest BCUT2D eigenvalue weighted by Gasteiger charge is -2.42. The van der Waals surface area contributed by atoms with Crippen molar-refractivity contribution in [1.29, 1.82) is 0 Å². The molecule has 2 fully saturated rings. The van der Waals surface area contributed by atoms with Gasteiger partial charge in [0.15, 0.2) is 5.78 Å². The maximum atomic E-state index is 12.8. The number of hydrogen-bond acceptors (Lipinski definition) is 5. The first-order valence-corrected chi connectivity index (χ1v) is 11.9. The summed E-state index contributed by atoms with van der Waals surface area (Å²) in [5.41, 5.74) is 1.22. The normalized spacial score (nSPS) is 19.5. The number of Topliss-reactive ketones (excluding diaryl/α,β-unsaturated/α-hetero) is 1. The van der Waals surface area contributed by atoms with Gasteiger partial charge in [0.1, 0.15) is 0 Å². The van der Waals surface area contributed by atoms with Crippen LogP contribution < -0.4 is 5.32 Å². The summed E-state index contributed by atoms with van der Waals surface area (Å²) in [4.78, 5) is 35.7. The number of likely N-dealkylation sites (tertiary alicyclic amines) is 1. The van der Waals surface area contributed by atoms with Gasteiger partial charge >= 0.3 is 0 Å². The molecule has 2 aliphatic rings. The Labute approximate surface area is 191 Å². The van der Waals surface area contributed by atoms with Crippen LogP contribution in [0.4, 0.5) is 0 Å². The van der Waals surface area contributed by atoms with Gasteiger partial charge < -0.3 is 20.1 Å². The van der Waals surface area contributed by atoms with Gasteiger partial charge in [-0.1, -0.05) is 12.1 Å². The Hall–Kier alpha value is -2.22. The number of aromatic nitrogens is 1. The van der Waals surface area contributed by atoms with Crippen molar-refractivity contribution in [2.75, 3.05) is 52.9 Å². The number of hydrogen-bond donors (Lipinski definition) is 2. The van der Waals surface area contributed by atoms with E-state index in [2.05, 4.69) is 27.1 Å². The molecule has 0 bridgehead atoms. The molecule has 7 nitrogen and oxygen atoms in total. The van der Waals surface area contributed by atoms with Crippen molar-refractivity contribution in [2.45, 2.75) is 44.7 Å². The van der Waals surface area contributed by atoms with Gasteiger partial charge in [0, 0.05) is 61.5 Å². The van der Waals surface area contributed by atoms with Crippen LogP contribution in [0.1, 0.15) is 43.5 Å². The molecule has 1 aromatic carbocycles. The predicted molar refractivity (Wildman–Crippen MR) is 128 cm³/mol. The number of piperidine rings is 1. The van der Waals surface area contributed by atoms with Gasteiger partial charge in [0.2, 0.25) is 5.91 Å². The number of carbonyl (C=O) groups excluding carboxylic acids is 2. The van der Waals surface area contributed by atoms with E-state index in [1.807, 2.05) is 49.2 Å². The Morgan fingerprint density at radius 2 is 1.78 bits per heavy atom. The highest BCUT2D eigenvalue weighted by Crippen LogP contribution is 2.20. The molecule has 0 aliphatic carbocycles. The quantitative estimate of drug-likeness (QED) is 0.648. The summed E-state index contributed by atoms with van der Waals surface area (Å²) < 4.78 is 0. The van der Waals surface area contributed by atoms with Gasteiger partial charge in [-0.2, -0.15) is 0 Å². The first-order chi connectivity index (χ1) is 15.3. The standard InChI is InChI=1S/C25H37N5O2/c1-25(2,17-23(31)20-5-4-19-6-9-26-22(19)16-20)27-18-24(32)30-14-12-29(13-15-30)21-7-10-28(3)11-8-21/h4-6,9,16,21,26-27H,7-8,10-15,17-18H2,1-3H3. The number of nitrogens with zero attached hydrogens (tertiary/aromatic N) is 3. The number of piperazine rings is 1. The zero-order valence-corrected chi connectivity index (χ0v) is 19.7. The van der Waals surface area contributed by atoms with Crippen molar-refractivity contribution in [3.8, 4) is 0 Å². The third-order valence-electron chi connectivity index (χ3n) is 7.07. The minimum Gasteiger partial charge on any atom is -0.361 e. The lowest BCUT2D eigenvalue weighted by Crippen LogP contribution is -2.56. The molecule has 3 heterocycles. The van der Waals surface area contributed by atoms with E-state index < -0.39 is 5.54 Å². The first kappa shape index (κ1) is 23.0. The van der Waals surface area contributed by atoms with E-state index in [0.29, 0.717) is 18.0 Å². The van der Waals surface area contributed by atoms with Crippen molar-refractivity contribution in [3.63, 3.8) is 0 Å². The lowest BCUT2D eigenvalue weighted by molar-refractivity contribution is -0.132. The van der Waals surface area contributed by atoms with Crippen LogP contribution >= 0.6 is 0 Å². The predicted octanol–water partition coefficient (Wildman–Crippen LogP) is 2.35. The van der Waals surface area contributed by atoms with Gasteiger partial charge in [0.25, 0.3) is 0 Å². The molecule has 0 spiro atoms. The number of nitrogens with one attached hydrogen (secondary N) is 2. The first-order valence-electron chi connectivity index (χ1n) is 11.9. The van der Waals surface area contributed by atoms with Crippen LogP contribution in [0.25, 0.3) is 10.9 Å². The lowest BCUT2D eigenvalue weighted by atomic mass is 9.93. The van der Waals surface area contributed by atoms with E-state index in [9.17, 15) is 9.59 Å². The smallest absolute Gasteiger partial charge is 0.236 e. The fraction of sp³-hybridized carbons (Fsp3) is 0.600. The highest BCUT2D eigenvalue weighted by Gasteiger charge is 2.29. The molecule has 0 atom stereocenters. The number of aromatic amines is 1. The van der Waals surface area contributed by atoms with Crippen molar-refractivity contribution >= 4 is 22.6 Å². The maximum absolute atomic E-state index is 12.8. The number of H-pyrrole nitrogens is 1. The van der Waals surface area contributed by atoms with E-state index in [0.717, 1.165) is 37.1 Å². The van der Waals surface area contributed by atoms with Gasteiger partial charge in [-0.25, -0.2) is 0 Å². The van der Waals surface area contributed by atoms with Gasteiger partial charge in [-0.15, -0.1) is 0 Å². The molecule has 2 N–H and O–H groups in total. The van der Waals surface area contributed by atoms with E-state index in [1.165, 1.54) is 25.9 Å². The molecular formula is C25H37N5O2. The molecule has 32 heavy (non-hydrogen) atoms.